The molecular weight excluding hydrogens is 252 g/mol. The highest BCUT2D eigenvalue weighted by atomic mass is 35.5. The van der Waals surface area contributed by atoms with Gasteiger partial charge in [0.1, 0.15) is 0 Å². The molecule has 1 amide bonds. The van der Waals surface area contributed by atoms with E-state index in [0.29, 0.717) is 29.5 Å². The molecule has 0 radical (unpaired) electrons. The average molecular weight is 267 g/mol. The number of anilines is 1. The number of nitriles is 1. The molecule has 0 saturated carbocycles. The Hall–Kier alpha value is -1.57. The number of nitrogens with zero attached hydrogens (tertiary/aromatic N) is 1. The van der Waals surface area contributed by atoms with Crippen molar-refractivity contribution in [3.05, 3.63) is 28.8 Å². The van der Waals surface area contributed by atoms with Gasteiger partial charge in [0.25, 0.3) is 0 Å². The molecule has 0 unspecified atom stereocenters. The van der Waals surface area contributed by atoms with Crippen molar-refractivity contribution in [1.29, 1.82) is 5.26 Å². The van der Waals surface area contributed by atoms with E-state index in [2.05, 4.69) is 5.32 Å². The number of carbonyl (C=O) groups is 1. The number of halogens is 1. The van der Waals surface area contributed by atoms with E-state index in [0.717, 1.165) is 6.42 Å². The minimum Gasteiger partial charge on any atom is -0.381 e. The number of hydrogen-bond donors (Lipinski definition) is 1. The molecule has 1 rings (SSSR count). The summed E-state index contributed by atoms with van der Waals surface area (Å²) in [6.45, 7) is 3.04. The zero-order chi connectivity index (χ0) is 13.4. The van der Waals surface area contributed by atoms with Crippen LogP contribution in [0.25, 0.3) is 0 Å². The van der Waals surface area contributed by atoms with Gasteiger partial charge in [0.2, 0.25) is 5.91 Å². The summed E-state index contributed by atoms with van der Waals surface area (Å²) in [5.41, 5.74) is 0.910. The van der Waals surface area contributed by atoms with Gasteiger partial charge in [-0.1, -0.05) is 18.5 Å². The Labute approximate surface area is 112 Å². The van der Waals surface area contributed by atoms with Crippen LogP contribution in [0.3, 0.4) is 0 Å². The van der Waals surface area contributed by atoms with Crippen LogP contribution in [0.15, 0.2) is 18.2 Å². The van der Waals surface area contributed by atoms with E-state index in [4.69, 9.17) is 21.6 Å². The SMILES string of the molecule is CCCOCCC(=O)Nc1cc(C#N)ccc1Cl. The maximum atomic E-state index is 11.6. The van der Waals surface area contributed by atoms with Gasteiger partial charge in [0.15, 0.2) is 0 Å². The molecule has 4 nitrogen and oxygen atoms in total. The molecule has 0 heterocycles. The third kappa shape index (κ3) is 4.74. The van der Waals surface area contributed by atoms with Gasteiger partial charge < -0.3 is 10.1 Å². The Balaban J connectivity index is 2.51. The standard InChI is InChI=1S/C13H15ClN2O2/c1-2-6-18-7-5-13(17)16-12-8-10(9-15)3-4-11(12)14/h3-4,8H,2,5-7H2,1H3,(H,16,17). The van der Waals surface area contributed by atoms with Gasteiger partial charge >= 0.3 is 0 Å². The van der Waals surface area contributed by atoms with Crippen LogP contribution in [0.5, 0.6) is 0 Å². The molecule has 0 atom stereocenters. The lowest BCUT2D eigenvalue weighted by molar-refractivity contribution is -0.117. The van der Waals surface area contributed by atoms with E-state index in [1.807, 2.05) is 13.0 Å². The minimum absolute atomic E-state index is 0.178. The third-order valence-electron chi connectivity index (χ3n) is 2.19. The first-order valence-electron chi connectivity index (χ1n) is 5.74. The summed E-state index contributed by atoms with van der Waals surface area (Å²) in [7, 11) is 0. The Bertz CT molecular complexity index is 455. The number of amides is 1. The zero-order valence-electron chi connectivity index (χ0n) is 10.2. The summed E-state index contributed by atoms with van der Waals surface area (Å²) in [5, 5.41) is 11.8. The van der Waals surface area contributed by atoms with Crippen molar-refractivity contribution in [3.63, 3.8) is 0 Å². The molecule has 0 aromatic heterocycles. The highest BCUT2D eigenvalue weighted by Crippen LogP contribution is 2.22. The van der Waals surface area contributed by atoms with Crippen LogP contribution in [0, 0.1) is 11.3 Å². The highest BCUT2D eigenvalue weighted by Gasteiger charge is 2.06. The monoisotopic (exact) mass is 266 g/mol. The summed E-state index contributed by atoms with van der Waals surface area (Å²) >= 11 is 5.93. The second-order valence-electron chi connectivity index (χ2n) is 3.72. The maximum absolute atomic E-state index is 11.6. The number of carbonyl (C=O) groups excluding carboxylic acids is 1. The van der Waals surface area contributed by atoms with Gasteiger partial charge in [-0.2, -0.15) is 5.26 Å². The van der Waals surface area contributed by atoms with E-state index < -0.39 is 0 Å². The van der Waals surface area contributed by atoms with Gasteiger partial charge in [0, 0.05) is 6.61 Å². The predicted octanol–water partition coefficient (Wildman–Crippen LogP) is 2.97. The van der Waals surface area contributed by atoms with Gasteiger partial charge in [-0.15, -0.1) is 0 Å². The van der Waals surface area contributed by atoms with E-state index in [1.165, 1.54) is 0 Å². The van der Waals surface area contributed by atoms with E-state index in [1.54, 1.807) is 18.2 Å². The molecule has 0 aliphatic carbocycles. The van der Waals surface area contributed by atoms with E-state index >= 15 is 0 Å². The third-order valence-corrected chi connectivity index (χ3v) is 2.52. The summed E-state index contributed by atoms with van der Waals surface area (Å²) in [4.78, 5) is 11.6. The maximum Gasteiger partial charge on any atom is 0.226 e. The minimum atomic E-state index is -0.178. The molecule has 1 N–H and O–H groups in total. The van der Waals surface area contributed by atoms with Crippen LogP contribution in [0.2, 0.25) is 5.02 Å². The van der Waals surface area contributed by atoms with E-state index in [9.17, 15) is 4.79 Å². The number of hydrogen-bond acceptors (Lipinski definition) is 3. The van der Waals surface area contributed by atoms with Crippen molar-refractivity contribution >= 4 is 23.2 Å². The summed E-state index contributed by atoms with van der Waals surface area (Å²) < 4.78 is 5.22. The highest BCUT2D eigenvalue weighted by molar-refractivity contribution is 6.33. The lowest BCUT2D eigenvalue weighted by atomic mass is 10.2. The number of rotatable bonds is 6. The van der Waals surface area contributed by atoms with Crippen LogP contribution in [-0.4, -0.2) is 19.1 Å². The Kier molecular flexibility index (Phi) is 6.20. The van der Waals surface area contributed by atoms with Crippen LogP contribution in [0.1, 0.15) is 25.3 Å². The molecule has 18 heavy (non-hydrogen) atoms. The lowest BCUT2D eigenvalue weighted by Gasteiger charge is -2.07. The predicted molar refractivity (Wildman–Crippen MR) is 70.5 cm³/mol. The van der Waals surface area contributed by atoms with Crippen molar-refractivity contribution in [2.45, 2.75) is 19.8 Å². The van der Waals surface area contributed by atoms with Gasteiger partial charge in [0.05, 0.1) is 35.4 Å². The fourth-order valence-electron chi connectivity index (χ4n) is 1.31. The lowest BCUT2D eigenvalue weighted by Crippen LogP contribution is -2.14. The number of ether oxygens (including phenoxy) is 1. The van der Waals surface area contributed by atoms with Crippen molar-refractivity contribution < 1.29 is 9.53 Å². The first kappa shape index (κ1) is 14.5. The summed E-state index contributed by atoms with van der Waals surface area (Å²) in [6.07, 6.45) is 1.20. The van der Waals surface area contributed by atoms with Gasteiger partial charge in [-0.25, -0.2) is 0 Å². The van der Waals surface area contributed by atoms with Crippen molar-refractivity contribution in [2.75, 3.05) is 18.5 Å². The van der Waals surface area contributed by atoms with Crippen molar-refractivity contribution in [2.24, 2.45) is 0 Å². The Morgan fingerprint density at radius 2 is 2.28 bits per heavy atom. The van der Waals surface area contributed by atoms with Crippen LogP contribution in [0.4, 0.5) is 5.69 Å². The van der Waals surface area contributed by atoms with Crippen molar-refractivity contribution in [1.82, 2.24) is 0 Å². The molecule has 96 valence electrons. The molecule has 0 spiro atoms. The van der Waals surface area contributed by atoms with Gasteiger partial charge in [-0.05, 0) is 24.6 Å². The molecule has 0 fully saturated rings. The first-order chi connectivity index (χ1) is 8.67. The molecule has 0 aliphatic heterocycles. The summed E-state index contributed by atoms with van der Waals surface area (Å²) in [6, 6.07) is 6.73. The number of nitrogens with one attached hydrogen (secondary N) is 1. The molecule has 1 aromatic rings. The molecule has 0 aliphatic rings. The topological polar surface area (TPSA) is 62.1 Å². The first-order valence-corrected chi connectivity index (χ1v) is 6.12. The normalized spacial score (nSPS) is 9.83. The van der Waals surface area contributed by atoms with Crippen molar-refractivity contribution in [3.8, 4) is 6.07 Å². The van der Waals surface area contributed by atoms with Gasteiger partial charge in [-0.3, -0.25) is 4.79 Å². The fraction of sp³-hybridized carbons (Fsp3) is 0.385. The summed E-state index contributed by atoms with van der Waals surface area (Å²) in [5.74, 6) is -0.178. The smallest absolute Gasteiger partial charge is 0.226 e. The van der Waals surface area contributed by atoms with Crippen LogP contribution < -0.4 is 5.32 Å². The van der Waals surface area contributed by atoms with Crippen LogP contribution in [-0.2, 0) is 9.53 Å². The molecule has 1 aromatic carbocycles. The molecular formula is C13H15ClN2O2. The number of benzene rings is 1. The fourth-order valence-corrected chi connectivity index (χ4v) is 1.48. The molecule has 0 saturated heterocycles. The van der Waals surface area contributed by atoms with E-state index in [-0.39, 0.29) is 12.3 Å². The second kappa shape index (κ2) is 7.70. The average Bonchev–Trinajstić information content (AvgIpc) is 2.37. The molecule has 0 bridgehead atoms. The quantitative estimate of drug-likeness (QED) is 0.805. The Morgan fingerprint density at radius 1 is 1.50 bits per heavy atom. The van der Waals surface area contributed by atoms with Crippen LogP contribution >= 0.6 is 11.6 Å². The Morgan fingerprint density at radius 3 is 2.94 bits per heavy atom. The largest absolute Gasteiger partial charge is 0.381 e. The second-order valence-corrected chi connectivity index (χ2v) is 4.12. The molecule has 5 heteroatoms. The zero-order valence-corrected chi connectivity index (χ0v) is 11.0.